The summed E-state index contributed by atoms with van der Waals surface area (Å²) in [6.45, 7) is 3.73. The van der Waals surface area contributed by atoms with Gasteiger partial charge in [-0.1, -0.05) is 18.2 Å². The van der Waals surface area contributed by atoms with Crippen LogP contribution >= 0.6 is 0 Å². The fraction of sp³-hybridized carbons (Fsp3) is 0.333. The Morgan fingerprint density at radius 3 is 2.46 bits per heavy atom. The van der Waals surface area contributed by atoms with Gasteiger partial charge in [0.25, 0.3) is 0 Å². The van der Waals surface area contributed by atoms with Gasteiger partial charge >= 0.3 is 0 Å². The van der Waals surface area contributed by atoms with E-state index in [1.807, 2.05) is 12.1 Å². The summed E-state index contributed by atoms with van der Waals surface area (Å²) in [5.74, 6) is 2.01. The predicted octanol–water partition coefficient (Wildman–Crippen LogP) is 3.83. The number of benzene rings is 2. The van der Waals surface area contributed by atoms with Gasteiger partial charge in [-0.15, -0.1) is 0 Å². The van der Waals surface area contributed by atoms with Crippen molar-refractivity contribution in [3.05, 3.63) is 53.2 Å². The van der Waals surface area contributed by atoms with Crippen LogP contribution in [0.1, 0.15) is 16.7 Å². The first-order valence-electron chi connectivity index (χ1n) is 8.73. The first-order chi connectivity index (χ1) is 12.7. The summed E-state index contributed by atoms with van der Waals surface area (Å²) in [6, 6.07) is 10.3. The third kappa shape index (κ3) is 3.48. The second kappa shape index (κ2) is 8.15. The van der Waals surface area contributed by atoms with Crippen molar-refractivity contribution in [2.45, 2.75) is 19.9 Å². The molecule has 1 aromatic heterocycles. The largest absolute Gasteiger partial charge is 0.493 e. The lowest BCUT2D eigenvalue weighted by molar-refractivity contribution is 0.321. The SMILES string of the molecule is COc1ccc(CNCCc2c[nH]c3cccc(C)c23)c(OC)c1OC. The average Bonchev–Trinajstić information content (AvgIpc) is 3.08. The number of fused-ring (bicyclic) bond motifs is 1. The molecule has 3 rings (SSSR count). The molecular formula is C21H26N2O3. The molecule has 0 aliphatic rings. The number of ether oxygens (including phenoxy) is 3. The van der Waals surface area contributed by atoms with Gasteiger partial charge in [-0.3, -0.25) is 0 Å². The minimum absolute atomic E-state index is 0.626. The molecule has 0 amide bonds. The van der Waals surface area contributed by atoms with Gasteiger partial charge in [-0.2, -0.15) is 0 Å². The van der Waals surface area contributed by atoms with E-state index in [9.17, 15) is 0 Å². The Labute approximate surface area is 154 Å². The van der Waals surface area contributed by atoms with E-state index in [0.717, 1.165) is 18.5 Å². The fourth-order valence-electron chi connectivity index (χ4n) is 3.40. The molecule has 0 bridgehead atoms. The Morgan fingerprint density at radius 2 is 1.73 bits per heavy atom. The maximum atomic E-state index is 5.54. The van der Waals surface area contributed by atoms with Crippen molar-refractivity contribution < 1.29 is 14.2 Å². The van der Waals surface area contributed by atoms with E-state index in [1.54, 1.807) is 21.3 Å². The minimum Gasteiger partial charge on any atom is -0.493 e. The number of hydrogen-bond acceptors (Lipinski definition) is 4. The maximum absolute atomic E-state index is 5.54. The molecule has 5 heteroatoms. The first-order valence-corrected chi connectivity index (χ1v) is 8.73. The quantitative estimate of drug-likeness (QED) is 0.604. The molecule has 0 atom stereocenters. The lowest BCUT2D eigenvalue weighted by Gasteiger charge is -2.16. The molecule has 26 heavy (non-hydrogen) atoms. The molecule has 0 spiro atoms. The molecule has 0 aliphatic carbocycles. The average molecular weight is 354 g/mol. The Kier molecular flexibility index (Phi) is 5.68. The molecule has 138 valence electrons. The van der Waals surface area contributed by atoms with Crippen molar-refractivity contribution in [2.24, 2.45) is 0 Å². The highest BCUT2D eigenvalue weighted by atomic mass is 16.5. The number of aromatic nitrogens is 1. The molecule has 2 N–H and O–H groups in total. The summed E-state index contributed by atoms with van der Waals surface area (Å²) in [7, 11) is 4.89. The van der Waals surface area contributed by atoms with Crippen LogP contribution in [-0.4, -0.2) is 32.9 Å². The lowest BCUT2D eigenvalue weighted by Crippen LogP contribution is -2.17. The van der Waals surface area contributed by atoms with Crippen LogP contribution in [0.2, 0.25) is 0 Å². The van der Waals surface area contributed by atoms with Gasteiger partial charge in [0, 0.05) is 29.2 Å². The minimum atomic E-state index is 0.626. The van der Waals surface area contributed by atoms with Crippen LogP contribution in [0.15, 0.2) is 36.5 Å². The van der Waals surface area contributed by atoms with E-state index in [2.05, 4.69) is 41.6 Å². The summed E-state index contributed by atoms with van der Waals surface area (Å²) in [5.41, 5.74) is 4.88. The highest BCUT2D eigenvalue weighted by Gasteiger charge is 2.15. The van der Waals surface area contributed by atoms with Crippen molar-refractivity contribution in [3.8, 4) is 17.2 Å². The van der Waals surface area contributed by atoms with Crippen LogP contribution in [0, 0.1) is 6.92 Å². The summed E-state index contributed by atoms with van der Waals surface area (Å²) in [6.07, 6.45) is 3.07. The molecule has 2 aromatic carbocycles. The molecule has 5 nitrogen and oxygen atoms in total. The summed E-state index contributed by atoms with van der Waals surface area (Å²) in [4.78, 5) is 3.36. The number of rotatable bonds is 8. The van der Waals surface area contributed by atoms with Crippen LogP contribution < -0.4 is 19.5 Å². The monoisotopic (exact) mass is 354 g/mol. The van der Waals surface area contributed by atoms with Gasteiger partial charge in [0.05, 0.1) is 21.3 Å². The van der Waals surface area contributed by atoms with Gasteiger partial charge in [-0.05, 0) is 43.1 Å². The number of H-pyrrole nitrogens is 1. The maximum Gasteiger partial charge on any atom is 0.203 e. The van der Waals surface area contributed by atoms with Crippen molar-refractivity contribution in [2.75, 3.05) is 27.9 Å². The zero-order valence-corrected chi connectivity index (χ0v) is 15.8. The molecule has 0 saturated heterocycles. The standard InChI is InChI=1S/C21H26N2O3/c1-14-6-5-7-17-19(14)15(13-23-17)10-11-22-12-16-8-9-18(24-2)21(26-4)20(16)25-3/h5-9,13,22-23H,10-12H2,1-4H3. The lowest BCUT2D eigenvalue weighted by atomic mass is 10.1. The van der Waals surface area contributed by atoms with Crippen LogP contribution in [0.5, 0.6) is 17.2 Å². The molecular weight excluding hydrogens is 328 g/mol. The van der Waals surface area contributed by atoms with E-state index < -0.39 is 0 Å². The number of nitrogens with one attached hydrogen (secondary N) is 2. The smallest absolute Gasteiger partial charge is 0.203 e. The summed E-state index contributed by atoms with van der Waals surface area (Å²) < 4.78 is 16.3. The molecule has 1 heterocycles. The highest BCUT2D eigenvalue weighted by Crippen LogP contribution is 2.39. The van der Waals surface area contributed by atoms with E-state index in [4.69, 9.17) is 14.2 Å². The number of aryl methyl sites for hydroxylation is 1. The third-order valence-electron chi connectivity index (χ3n) is 4.67. The molecule has 0 unspecified atom stereocenters. The first kappa shape index (κ1) is 18.1. The van der Waals surface area contributed by atoms with E-state index in [-0.39, 0.29) is 0 Å². The van der Waals surface area contributed by atoms with Gasteiger partial charge in [0.1, 0.15) is 0 Å². The van der Waals surface area contributed by atoms with E-state index in [0.29, 0.717) is 23.8 Å². The molecule has 3 aromatic rings. The number of aromatic amines is 1. The van der Waals surface area contributed by atoms with Crippen LogP contribution in [0.3, 0.4) is 0 Å². The van der Waals surface area contributed by atoms with Gasteiger partial charge in [-0.25, -0.2) is 0 Å². The molecule has 0 aliphatic heterocycles. The third-order valence-corrected chi connectivity index (χ3v) is 4.67. The molecule has 0 saturated carbocycles. The highest BCUT2D eigenvalue weighted by molar-refractivity contribution is 5.86. The Morgan fingerprint density at radius 1 is 0.923 bits per heavy atom. The normalized spacial score (nSPS) is 10.9. The van der Waals surface area contributed by atoms with Crippen LogP contribution in [0.4, 0.5) is 0 Å². The second-order valence-electron chi connectivity index (χ2n) is 6.23. The van der Waals surface area contributed by atoms with Crippen molar-refractivity contribution in [1.29, 1.82) is 0 Å². The van der Waals surface area contributed by atoms with E-state index >= 15 is 0 Å². The molecule has 0 fully saturated rings. The van der Waals surface area contributed by atoms with E-state index in [1.165, 1.54) is 22.0 Å². The zero-order chi connectivity index (χ0) is 18.5. The van der Waals surface area contributed by atoms with Crippen molar-refractivity contribution in [1.82, 2.24) is 10.3 Å². The predicted molar refractivity (Wildman–Crippen MR) is 105 cm³/mol. The zero-order valence-electron chi connectivity index (χ0n) is 15.8. The van der Waals surface area contributed by atoms with Gasteiger partial charge in [0.15, 0.2) is 11.5 Å². The number of hydrogen-bond donors (Lipinski definition) is 2. The summed E-state index contributed by atoms with van der Waals surface area (Å²) >= 11 is 0. The van der Waals surface area contributed by atoms with Gasteiger partial charge in [0.2, 0.25) is 5.75 Å². The van der Waals surface area contributed by atoms with Crippen LogP contribution in [-0.2, 0) is 13.0 Å². The molecule has 0 radical (unpaired) electrons. The van der Waals surface area contributed by atoms with Gasteiger partial charge < -0.3 is 24.5 Å². The fourth-order valence-corrected chi connectivity index (χ4v) is 3.40. The Balaban J connectivity index is 1.66. The second-order valence-corrected chi connectivity index (χ2v) is 6.23. The van der Waals surface area contributed by atoms with Crippen LogP contribution in [0.25, 0.3) is 10.9 Å². The summed E-state index contributed by atoms with van der Waals surface area (Å²) in [5, 5.41) is 4.83. The van der Waals surface area contributed by atoms with Crippen molar-refractivity contribution in [3.63, 3.8) is 0 Å². The number of methoxy groups -OCH3 is 3. The Hall–Kier alpha value is -2.66. The topological polar surface area (TPSA) is 55.5 Å². The Bertz CT molecular complexity index is 886. The van der Waals surface area contributed by atoms with Crippen molar-refractivity contribution >= 4 is 10.9 Å².